The molecular weight excluding hydrogens is 295 g/mol. The van der Waals surface area contributed by atoms with E-state index in [2.05, 4.69) is 24.1 Å². The molecule has 0 saturated carbocycles. The number of hydrogen-bond acceptors (Lipinski definition) is 3. The number of benzene rings is 1. The van der Waals surface area contributed by atoms with Crippen molar-refractivity contribution in [3.63, 3.8) is 0 Å². The van der Waals surface area contributed by atoms with Gasteiger partial charge in [-0.1, -0.05) is 32.0 Å². The Hall–Kier alpha value is -1.72. The standard InChI is InChI=1S/C18H25FN2O2/c1-14(2)17(21-9-11-23-12-10-21)13-20-18(22)8-7-15-5-3-4-6-16(15)19/h3-8,14,17H,9-13H2,1-2H3,(H,20,22)/b8-7+. The molecule has 0 spiro atoms. The largest absolute Gasteiger partial charge is 0.379 e. The van der Waals surface area contributed by atoms with Gasteiger partial charge in [-0.15, -0.1) is 0 Å². The lowest BCUT2D eigenvalue weighted by Gasteiger charge is -2.36. The van der Waals surface area contributed by atoms with Gasteiger partial charge in [-0.25, -0.2) is 4.39 Å². The Morgan fingerprint density at radius 1 is 1.35 bits per heavy atom. The van der Waals surface area contributed by atoms with Gasteiger partial charge in [-0.05, 0) is 18.1 Å². The Morgan fingerprint density at radius 3 is 2.70 bits per heavy atom. The Labute approximate surface area is 137 Å². The zero-order chi connectivity index (χ0) is 16.7. The normalized spacial score (nSPS) is 17.6. The van der Waals surface area contributed by atoms with Gasteiger partial charge in [0.15, 0.2) is 0 Å². The quantitative estimate of drug-likeness (QED) is 0.818. The zero-order valence-electron chi connectivity index (χ0n) is 13.8. The van der Waals surface area contributed by atoms with Gasteiger partial charge in [-0.2, -0.15) is 0 Å². The van der Waals surface area contributed by atoms with Gasteiger partial charge in [0.1, 0.15) is 5.82 Å². The molecule has 0 aliphatic carbocycles. The molecule has 23 heavy (non-hydrogen) atoms. The second kappa shape index (κ2) is 8.79. The van der Waals surface area contributed by atoms with Crippen molar-refractivity contribution in [2.75, 3.05) is 32.8 Å². The molecule has 1 N–H and O–H groups in total. The summed E-state index contributed by atoms with van der Waals surface area (Å²) in [5, 5.41) is 2.92. The maximum atomic E-state index is 13.5. The molecule has 5 heteroatoms. The van der Waals surface area contributed by atoms with Crippen LogP contribution in [0.1, 0.15) is 19.4 Å². The zero-order valence-corrected chi connectivity index (χ0v) is 13.8. The number of rotatable bonds is 6. The number of carbonyl (C=O) groups is 1. The first-order chi connectivity index (χ1) is 11.1. The number of morpholine rings is 1. The second-order valence-electron chi connectivity index (χ2n) is 6.06. The van der Waals surface area contributed by atoms with Crippen molar-refractivity contribution in [3.05, 3.63) is 41.7 Å². The van der Waals surface area contributed by atoms with E-state index in [0.29, 0.717) is 18.0 Å². The average Bonchev–Trinajstić information content (AvgIpc) is 2.55. The highest BCUT2D eigenvalue weighted by Gasteiger charge is 2.23. The van der Waals surface area contributed by atoms with Crippen LogP contribution in [0.3, 0.4) is 0 Å². The highest BCUT2D eigenvalue weighted by molar-refractivity contribution is 5.91. The first-order valence-electron chi connectivity index (χ1n) is 8.10. The summed E-state index contributed by atoms with van der Waals surface area (Å²) >= 11 is 0. The molecule has 0 radical (unpaired) electrons. The van der Waals surface area contributed by atoms with Crippen LogP contribution < -0.4 is 5.32 Å². The van der Waals surface area contributed by atoms with Crippen molar-refractivity contribution in [3.8, 4) is 0 Å². The van der Waals surface area contributed by atoms with Gasteiger partial charge in [-0.3, -0.25) is 9.69 Å². The summed E-state index contributed by atoms with van der Waals surface area (Å²) in [6, 6.07) is 6.68. The minimum atomic E-state index is -0.329. The molecule has 4 nitrogen and oxygen atoms in total. The molecule has 1 amide bonds. The van der Waals surface area contributed by atoms with Crippen molar-refractivity contribution < 1.29 is 13.9 Å². The maximum Gasteiger partial charge on any atom is 0.244 e. The predicted octanol–water partition coefficient (Wildman–Crippen LogP) is 2.31. The van der Waals surface area contributed by atoms with Gasteiger partial charge in [0.25, 0.3) is 0 Å². The van der Waals surface area contributed by atoms with Crippen LogP contribution in [0.15, 0.2) is 30.3 Å². The summed E-state index contributed by atoms with van der Waals surface area (Å²) in [5.74, 6) is -0.0963. The van der Waals surface area contributed by atoms with E-state index >= 15 is 0 Å². The molecule has 1 aromatic carbocycles. The predicted molar refractivity (Wildman–Crippen MR) is 89.5 cm³/mol. The van der Waals surface area contributed by atoms with Crippen molar-refractivity contribution in [2.45, 2.75) is 19.9 Å². The topological polar surface area (TPSA) is 41.6 Å². The number of halogens is 1. The molecule has 126 valence electrons. The third kappa shape index (κ3) is 5.44. The van der Waals surface area contributed by atoms with E-state index in [1.807, 2.05) is 0 Å². The first kappa shape index (κ1) is 17.6. The van der Waals surface area contributed by atoms with Crippen LogP contribution in [-0.2, 0) is 9.53 Å². The molecule has 0 aromatic heterocycles. The van der Waals surface area contributed by atoms with E-state index in [1.54, 1.807) is 18.2 Å². The number of ether oxygens (including phenoxy) is 1. The van der Waals surface area contributed by atoms with E-state index in [4.69, 9.17) is 4.74 Å². The smallest absolute Gasteiger partial charge is 0.244 e. The van der Waals surface area contributed by atoms with Crippen LogP contribution in [0, 0.1) is 11.7 Å². The van der Waals surface area contributed by atoms with E-state index < -0.39 is 0 Å². The molecule has 2 rings (SSSR count). The van der Waals surface area contributed by atoms with E-state index in [0.717, 1.165) is 26.3 Å². The van der Waals surface area contributed by atoms with Crippen LogP contribution in [-0.4, -0.2) is 49.7 Å². The highest BCUT2D eigenvalue weighted by Crippen LogP contribution is 2.12. The minimum Gasteiger partial charge on any atom is -0.379 e. The highest BCUT2D eigenvalue weighted by atomic mass is 19.1. The van der Waals surface area contributed by atoms with Crippen molar-refractivity contribution >= 4 is 12.0 Å². The summed E-state index contributed by atoms with van der Waals surface area (Å²) in [5.41, 5.74) is 0.413. The lowest BCUT2D eigenvalue weighted by Crippen LogP contribution is -2.51. The third-order valence-electron chi connectivity index (χ3n) is 4.09. The van der Waals surface area contributed by atoms with Gasteiger partial charge < -0.3 is 10.1 Å². The number of hydrogen-bond donors (Lipinski definition) is 1. The molecular formula is C18H25FN2O2. The summed E-state index contributed by atoms with van der Waals surface area (Å²) in [7, 11) is 0. The summed E-state index contributed by atoms with van der Waals surface area (Å²) in [6.45, 7) is 8.16. The summed E-state index contributed by atoms with van der Waals surface area (Å²) < 4.78 is 18.9. The number of nitrogens with zero attached hydrogens (tertiary/aromatic N) is 1. The van der Waals surface area contributed by atoms with E-state index in [1.165, 1.54) is 18.2 Å². The van der Waals surface area contributed by atoms with Crippen LogP contribution in [0.5, 0.6) is 0 Å². The fourth-order valence-electron chi connectivity index (χ4n) is 2.74. The van der Waals surface area contributed by atoms with Gasteiger partial charge in [0.05, 0.1) is 13.2 Å². The van der Waals surface area contributed by atoms with Crippen molar-refractivity contribution in [1.29, 1.82) is 0 Å². The van der Waals surface area contributed by atoms with Gasteiger partial charge in [0, 0.05) is 37.3 Å². The fraction of sp³-hybridized carbons (Fsp3) is 0.500. The summed E-state index contributed by atoms with van der Waals surface area (Å²) in [6.07, 6.45) is 2.89. The summed E-state index contributed by atoms with van der Waals surface area (Å²) in [4.78, 5) is 14.3. The Balaban J connectivity index is 1.87. The van der Waals surface area contributed by atoms with E-state index in [9.17, 15) is 9.18 Å². The Morgan fingerprint density at radius 2 is 2.04 bits per heavy atom. The Bertz CT molecular complexity index is 540. The Kier molecular flexibility index (Phi) is 6.74. The van der Waals surface area contributed by atoms with Crippen LogP contribution in [0.2, 0.25) is 0 Å². The van der Waals surface area contributed by atoms with E-state index in [-0.39, 0.29) is 17.8 Å². The van der Waals surface area contributed by atoms with Gasteiger partial charge >= 0.3 is 0 Å². The maximum absolute atomic E-state index is 13.5. The monoisotopic (exact) mass is 320 g/mol. The van der Waals surface area contributed by atoms with Crippen LogP contribution in [0.25, 0.3) is 6.08 Å². The average molecular weight is 320 g/mol. The van der Waals surface area contributed by atoms with Crippen LogP contribution >= 0.6 is 0 Å². The molecule has 1 unspecified atom stereocenters. The molecule has 1 saturated heterocycles. The lowest BCUT2D eigenvalue weighted by atomic mass is 10.0. The third-order valence-corrected chi connectivity index (χ3v) is 4.09. The van der Waals surface area contributed by atoms with Gasteiger partial charge in [0.2, 0.25) is 5.91 Å². The lowest BCUT2D eigenvalue weighted by molar-refractivity contribution is -0.116. The molecule has 1 aliphatic heterocycles. The number of nitrogens with one attached hydrogen (secondary N) is 1. The molecule has 1 atom stereocenters. The molecule has 1 fully saturated rings. The molecule has 1 aliphatic rings. The van der Waals surface area contributed by atoms with Crippen molar-refractivity contribution in [2.24, 2.45) is 5.92 Å². The van der Waals surface area contributed by atoms with Crippen molar-refractivity contribution in [1.82, 2.24) is 10.2 Å². The molecule has 1 heterocycles. The fourth-order valence-corrected chi connectivity index (χ4v) is 2.74. The second-order valence-corrected chi connectivity index (χ2v) is 6.06. The SMILES string of the molecule is CC(C)C(CNC(=O)/C=C/c1ccccc1F)N1CCOCC1. The minimum absolute atomic E-state index is 0.202. The molecule has 0 bridgehead atoms. The number of amides is 1. The molecule has 1 aromatic rings. The number of carbonyl (C=O) groups excluding carboxylic acids is 1. The van der Waals surface area contributed by atoms with Crippen LogP contribution in [0.4, 0.5) is 4.39 Å². The first-order valence-corrected chi connectivity index (χ1v) is 8.10.